The third-order valence-electron chi connectivity index (χ3n) is 4.55. The smallest absolute Gasteiger partial charge is 0.249 e. The topological polar surface area (TPSA) is 51.0 Å². The second kappa shape index (κ2) is 5.88. The Morgan fingerprint density at radius 1 is 1.10 bits per heavy atom. The summed E-state index contributed by atoms with van der Waals surface area (Å²) < 4.78 is 5.59. The second-order valence-corrected chi connectivity index (χ2v) is 6.23. The Morgan fingerprint density at radius 2 is 1.81 bits per heavy atom. The molecule has 1 aromatic carbocycles. The van der Waals surface area contributed by atoms with Gasteiger partial charge in [-0.3, -0.25) is 0 Å². The summed E-state index contributed by atoms with van der Waals surface area (Å²) >= 11 is 0. The van der Waals surface area contributed by atoms with Gasteiger partial charge in [0.1, 0.15) is 0 Å². The predicted octanol–water partition coefficient (Wildman–Crippen LogP) is 4.28. The van der Waals surface area contributed by atoms with Gasteiger partial charge in [0.2, 0.25) is 11.8 Å². The van der Waals surface area contributed by atoms with Crippen LogP contribution < -0.4 is 5.32 Å². The molecule has 0 aliphatic heterocycles. The molecule has 3 rings (SSSR count). The van der Waals surface area contributed by atoms with E-state index in [0.29, 0.717) is 29.7 Å². The van der Waals surface area contributed by atoms with E-state index in [1.54, 1.807) is 0 Å². The van der Waals surface area contributed by atoms with Gasteiger partial charge in [0.15, 0.2) is 0 Å². The molecule has 112 valence electrons. The van der Waals surface area contributed by atoms with Crippen LogP contribution in [-0.2, 0) is 0 Å². The number of para-hydroxylation sites is 1. The molecular weight excluding hydrogens is 262 g/mol. The summed E-state index contributed by atoms with van der Waals surface area (Å²) in [5.41, 5.74) is 2.08. The molecule has 1 N–H and O–H groups in total. The zero-order chi connectivity index (χ0) is 14.8. The lowest BCUT2D eigenvalue weighted by Gasteiger charge is -2.36. The minimum absolute atomic E-state index is 0.504. The number of hydrogen-bond acceptors (Lipinski definition) is 4. The first-order valence-electron chi connectivity index (χ1n) is 7.81. The van der Waals surface area contributed by atoms with Crippen LogP contribution in [0.15, 0.2) is 28.7 Å². The van der Waals surface area contributed by atoms with Crippen LogP contribution in [0.2, 0.25) is 0 Å². The van der Waals surface area contributed by atoms with Gasteiger partial charge in [-0.1, -0.05) is 32.4 Å². The minimum Gasteiger partial charge on any atom is -0.421 e. The molecule has 2 atom stereocenters. The Hall–Kier alpha value is -1.84. The van der Waals surface area contributed by atoms with E-state index in [0.717, 1.165) is 11.3 Å². The quantitative estimate of drug-likeness (QED) is 0.914. The highest BCUT2D eigenvalue weighted by atomic mass is 16.4. The largest absolute Gasteiger partial charge is 0.421 e. The molecule has 1 aromatic heterocycles. The highest BCUT2D eigenvalue weighted by Gasteiger charge is 2.28. The molecule has 2 aromatic rings. The van der Waals surface area contributed by atoms with Gasteiger partial charge in [-0.25, -0.2) is 0 Å². The summed E-state index contributed by atoms with van der Waals surface area (Å²) in [5, 5.41) is 11.8. The van der Waals surface area contributed by atoms with Crippen molar-refractivity contribution in [2.75, 3.05) is 5.32 Å². The molecule has 1 aliphatic rings. The average molecular weight is 285 g/mol. The van der Waals surface area contributed by atoms with E-state index in [1.807, 2.05) is 25.1 Å². The highest BCUT2D eigenvalue weighted by Crippen LogP contribution is 2.34. The van der Waals surface area contributed by atoms with Crippen LogP contribution >= 0.6 is 0 Å². The number of hydrogen-bond donors (Lipinski definition) is 1. The van der Waals surface area contributed by atoms with Crippen molar-refractivity contribution in [1.29, 1.82) is 0 Å². The van der Waals surface area contributed by atoms with Crippen molar-refractivity contribution in [3.8, 4) is 11.5 Å². The Balaban J connectivity index is 1.88. The SMILES string of the molecule is Cc1nnc(-c2ccccc2NC2C(C)CCCC2C)o1. The van der Waals surface area contributed by atoms with Crippen molar-refractivity contribution < 1.29 is 4.42 Å². The molecule has 1 aliphatic carbocycles. The fourth-order valence-corrected chi connectivity index (χ4v) is 3.35. The Morgan fingerprint density at radius 3 is 2.48 bits per heavy atom. The number of nitrogens with zero attached hydrogens (tertiary/aromatic N) is 2. The van der Waals surface area contributed by atoms with Crippen LogP contribution in [0.4, 0.5) is 5.69 Å². The number of anilines is 1. The van der Waals surface area contributed by atoms with E-state index < -0.39 is 0 Å². The van der Waals surface area contributed by atoms with Crippen molar-refractivity contribution in [2.45, 2.75) is 46.1 Å². The number of rotatable bonds is 3. The molecule has 4 heteroatoms. The summed E-state index contributed by atoms with van der Waals surface area (Å²) in [6, 6.07) is 8.70. The van der Waals surface area contributed by atoms with Crippen LogP contribution in [0.25, 0.3) is 11.5 Å². The standard InChI is InChI=1S/C17H23N3O/c1-11-7-6-8-12(2)16(11)18-15-10-5-4-9-14(15)17-20-19-13(3)21-17/h4-5,9-12,16,18H,6-8H2,1-3H3. The molecule has 4 nitrogen and oxygen atoms in total. The molecule has 1 fully saturated rings. The zero-order valence-corrected chi connectivity index (χ0v) is 13.0. The van der Waals surface area contributed by atoms with Gasteiger partial charge in [0.25, 0.3) is 0 Å². The molecule has 1 heterocycles. The van der Waals surface area contributed by atoms with E-state index in [-0.39, 0.29) is 0 Å². The molecular formula is C17H23N3O. The van der Waals surface area contributed by atoms with Crippen molar-refractivity contribution in [2.24, 2.45) is 11.8 Å². The summed E-state index contributed by atoms with van der Waals surface area (Å²) in [7, 11) is 0. The molecule has 0 spiro atoms. The normalized spacial score (nSPS) is 25.8. The second-order valence-electron chi connectivity index (χ2n) is 6.23. The van der Waals surface area contributed by atoms with Crippen LogP contribution in [-0.4, -0.2) is 16.2 Å². The zero-order valence-electron chi connectivity index (χ0n) is 13.0. The van der Waals surface area contributed by atoms with Gasteiger partial charge in [-0.2, -0.15) is 0 Å². The number of aromatic nitrogens is 2. The van der Waals surface area contributed by atoms with E-state index in [1.165, 1.54) is 19.3 Å². The van der Waals surface area contributed by atoms with Gasteiger partial charge in [0.05, 0.1) is 5.56 Å². The molecule has 0 radical (unpaired) electrons. The van der Waals surface area contributed by atoms with Gasteiger partial charge in [-0.05, 0) is 36.8 Å². The monoisotopic (exact) mass is 285 g/mol. The highest BCUT2D eigenvalue weighted by molar-refractivity contribution is 5.72. The van der Waals surface area contributed by atoms with Crippen molar-refractivity contribution in [3.05, 3.63) is 30.2 Å². The molecule has 0 amide bonds. The molecule has 21 heavy (non-hydrogen) atoms. The van der Waals surface area contributed by atoms with Gasteiger partial charge in [0, 0.05) is 18.7 Å². The van der Waals surface area contributed by atoms with Crippen LogP contribution in [0.3, 0.4) is 0 Å². The van der Waals surface area contributed by atoms with Crippen molar-refractivity contribution in [3.63, 3.8) is 0 Å². The molecule has 2 unspecified atom stereocenters. The van der Waals surface area contributed by atoms with E-state index in [9.17, 15) is 0 Å². The lowest BCUT2D eigenvalue weighted by molar-refractivity contribution is 0.268. The van der Waals surface area contributed by atoms with E-state index in [2.05, 4.69) is 35.4 Å². The van der Waals surface area contributed by atoms with Crippen LogP contribution in [0.1, 0.15) is 39.0 Å². The fourth-order valence-electron chi connectivity index (χ4n) is 3.35. The third-order valence-corrected chi connectivity index (χ3v) is 4.55. The lowest BCUT2D eigenvalue weighted by atomic mass is 9.78. The van der Waals surface area contributed by atoms with Crippen LogP contribution in [0.5, 0.6) is 0 Å². The fraction of sp³-hybridized carbons (Fsp3) is 0.529. The van der Waals surface area contributed by atoms with Gasteiger partial charge in [-0.15, -0.1) is 10.2 Å². The first kappa shape index (κ1) is 14.1. The van der Waals surface area contributed by atoms with Gasteiger partial charge >= 0.3 is 0 Å². The first-order valence-corrected chi connectivity index (χ1v) is 7.81. The lowest BCUT2D eigenvalue weighted by Crippen LogP contribution is -2.37. The number of nitrogens with one attached hydrogen (secondary N) is 1. The summed E-state index contributed by atoms with van der Waals surface area (Å²) in [6.07, 6.45) is 3.93. The molecule has 0 bridgehead atoms. The van der Waals surface area contributed by atoms with Crippen molar-refractivity contribution in [1.82, 2.24) is 10.2 Å². The van der Waals surface area contributed by atoms with Crippen LogP contribution in [0, 0.1) is 18.8 Å². The van der Waals surface area contributed by atoms with Crippen molar-refractivity contribution >= 4 is 5.69 Å². The van der Waals surface area contributed by atoms with E-state index >= 15 is 0 Å². The summed E-state index contributed by atoms with van der Waals surface area (Å²) in [4.78, 5) is 0. The summed E-state index contributed by atoms with van der Waals surface area (Å²) in [6.45, 7) is 6.50. The molecule has 0 saturated heterocycles. The maximum Gasteiger partial charge on any atom is 0.249 e. The maximum atomic E-state index is 5.59. The third kappa shape index (κ3) is 2.94. The maximum absolute atomic E-state index is 5.59. The average Bonchev–Trinajstić information content (AvgIpc) is 2.90. The number of aryl methyl sites for hydroxylation is 1. The Labute approximate surface area is 126 Å². The minimum atomic E-state index is 0.504. The Bertz CT molecular complexity index is 598. The van der Waals surface area contributed by atoms with Gasteiger partial charge < -0.3 is 9.73 Å². The number of benzene rings is 1. The van der Waals surface area contributed by atoms with E-state index in [4.69, 9.17) is 4.42 Å². The Kier molecular flexibility index (Phi) is 3.95. The predicted molar refractivity (Wildman–Crippen MR) is 84.1 cm³/mol. The summed E-state index contributed by atoms with van der Waals surface area (Å²) in [5.74, 6) is 2.56. The molecule has 1 saturated carbocycles. The first-order chi connectivity index (χ1) is 10.1.